The van der Waals surface area contributed by atoms with Crippen molar-refractivity contribution in [3.8, 4) is 0 Å². The van der Waals surface area contributed by atoms with E-state index in [1.165, 1.54) is 5.56 Å². The molecule has 0 saturated carbocycles. The molecule has 1 aliphatic heterocycles. The van der Waals surface area contributed by atoms with Crippen molar-refractivity contribution in [3.63, 3.8) is 0 Å². The summed E-state index contributed by atoms with van der Waals surface area (Å²) < 4.78 is 0. The molecule has 1 saturated heterocycles. The third-order valence-corrected chi connectivity index (χ3v) is 3.24. The van der Waals surface area contributed by atoms with Crippen molar-refractivity contribution in [1.82, 2.24) is 10.6 Å². The lowest BCUT2D eigenvalue weighted by molar-refractivity contribution is -0.121. The van der Waals surface area contributed by atoms with Crippen LogP contribution in [0.5, 0.6) is 0 Å². The van der Waals surface area contributed by atoms with Gasteiger partial charge in [-0.25, -0.2) is 0 Å². The Bertz CT molecular complexity index is 310. The second-order valence-corrected chi connectivity index (χ2v) is 4.36. The van der Waals surface area contributed by atoms with Crippen LogP contribution in [0.4, 0.5) is 0 Å². The topological polar surface area (TPSA) is 41.1 Å². The van der Waals surface area contributed by atoms with Gasteiger partial charge in [0.2, 0.25) is 5.91 Å². The van der Waals surface area contributed by atoms with Crippen LogP contribution in [0, 0.1) is 0 Å². The predicted molar refractivity (Wildman–Crippen MR) is 57.3 cm³/mol. The van der Waals surface area contributed by atoms with Gasteiger partial charge < -0.3 is 5.32 Å². The van der Waals surface area contributed by atoms with Gasteiger partial charge in [-0.05, 0) is 35.7 Å². The van der Waals surface area contributed by atoms with Crippen molar-refractivity contribution in [3.05, 3.63) is 22.4 Å². The highest BCUT2D eigenvalue weighted by Crippen LogP contribution is 2.17. The Balaban J connectivity index is 1.94. The van der Waals surface area contributed by atoms with Gasteiger partial charge in [0.1, 0.15) is 0 Å². The summed E-state index contributed by atoms with van der Waals surface area (Å²) >= 11 is 1.69. The molecule has 1 aromatic rings. The molecule has 2 atom stereocenters. The minimum absolute atomic E-state index is 0.00935. The molecule has 0 bridgehead atoms. The number of carbonyl (C=O) groups is 1. The van der Waals surface area contributed by atoms with Crippen LogP contribution in [-0.4, -0.2) is 18.5 Å². The molecule has 76 valence electrons. The minimum atomic E-state index is -0.00935. The normalized spacial score (nSPS) is 23.5. The molecule has 4 heteroatoms. The summed E-state index contributed by atoms with van der Waals surface area (Å²) in [5, 5.41) is 10.3. The van der Waals surface area contributed by atoms with E-state index in [0.717, 1.165) is 13.0 Å². The first-order valence-electron chi connectivity index (χ1n) is 4.83. The third-order valence-electron chi connectivity index (χ3n) is 2.54. The van der Waals surface area contributed by atoms with E-state index >= 15 is 0 Å². The summed E-state index contributed by atoms with van der Waals surface area (Å²) in [6, 6.07) is 2.34. The monoisotopic (exact) mass is 210 g/mol. The van der Waals surface area contributed by atoms with E-state index in [9.17, 15) is 4.79 Å². The molecular weight excluding hydrogens is 196 g/mol. The fraction of sp³-hybridized carbons (Fsp3) is 0.500. The van der Waals surface area contributed by atoms with Gasteiger partial charge in [-0.3, -0.25) is 10.1 Å². The first-order valence-corrected chi connectivity index (χ1v) is 5.77. The van der Waals surface area contributed by atoms with Crippen LogP contribution in [0.15, 0.2) is 16.8 Å². The molecular formula is C10H14N2OS. The number of amides is 1. The van der Waals surface area contributed by atoms with Crippen molar-refractivity contribution < 1.29 is 4.79 Å². The standard InChI is InChI=1S/C10H14N2OS/c1-7(8-3-5-14-6-8)12-9-2-4-11-10(9)13/h3,5-7,9,12H,2,4H2,1H3,(H,11,13). The Kier molecular flexibility index (Phi) is 2.84. The van der Waals surface area contributed by atoms with Crippen LogP contribution < -0.4 is 10.6 Å². The molecule has 1 amide bonds. The Morgan fingerprint density at radius 1 is 1.71 bits per heavy atom. The average Bonchev–Trinajstić information content (AvgIpc) is 2.77. The second-order valence-electron chi connectivity index (χ2n) is 3.58. The highest BCUT2D eigenvalue weighted by molar-refractivity contribution is 7.07. The van der Waals surface area contributed by atoms with E-state index < -0.39 is 0 Å². The predicted octanol–water partition coefficient (Wildman–Crippen LogP) is 1.29. The average molecular weight is 210 g/mol. The molecule has 2 N–H and O–H groups in total. The van der Waals surface area contributed by atoms with Gasteiger partial charge in [0, 0.05) is 12.6 Å². The van der Waals surface area contributed by atoms with Gasteiger partial charge in [-0.2, -0.15) is 11.3 Å². The van der Waals surface area contributed by atoms with Crippen LogP contribution in [-0.2, 0) is 4.79 Å². The molecule has 0 aromatic carbocycles. The van der Waals surface area contributed by atoms with Crippen LogP contribution in [0.1, 0.15) is 24.9 Å². The largest absolute Gasteiger partial charge is 0.355 e. The number of nitrogens with one attached hydrogen (secondary N) is 2. The smallest absolute Gasteiger partial charge is 0.237 e. The molecule has 3 nitrogen and oxygen atoms in total. The zero-order valence-corrected chi connectivity index (χ0v) is 8.93. The molecule has 2 heterocycles. The lowest BCUT2D eigenvalue weighted by Gasteiger charge is -2.16. The fourth-order valence-electron chi connectivity index (χ4n) is 1.67. The maximum Gasteiger partial charge on any atom is 0.237 e. The summed E-state index contributed by atoms with van der Waals surface area (Å²) in [6.45, 7) is 2.89. The van der Waals surface area contributed by atoms with Gasteiger partial charge >= 0.3 is 0 Å². The number of hydrogen-bond acceptors (Lipinski definition) is 3. The Morgan fingerprint density at radius 2 is 2.57 bits per heavy atom. The van der Waals surface area contributed by atoms with E-state index in [2.05, 4.69) is 34.4 Å². The third kappa shape index (κ3) is 1.96. The van der Waals surface area contributed by atoms with Crippen molar-refractivity contribution in [2.75, 3.05) is 6.54 Å². The lowest BCUT2D eigenvalue weighted by Crippen LogP contribution is -2.37. The molecule has 2 rings (SSSR count). The zero-order chi connectivity index (χ0) is 9.97. The number of hydrogen-bond donors (Lipinski definition) is 2. The van der Waals surface area contributed by atoms with Crippen LogP contribution >= 0.6 is 11.3 Å². The van der Waals surface area contributed by atoms with E-state index in [-0.39, 0.29) is 18.0 Å². The van der Waals surface area contributed by atoms with Crippen LogP contribution in [0.2, 0.25) is 0 Å². The molecule has 1 aromatic heterocycles. The number of thiophene rings is 1. The van der Waals surface area contributed by atoms with E-state index in [1.54, 1.807) is 11.3 Å². The van der Waals surface area contributed by atoms with Gasteiger partial charge in [0.25, 0.3) is 0 Å². The summed E-state index contributed by atoms with van der Waals surface area (Å²) in [5.74, 6) is 0.132. The SMILES string of the molecule is CC(NC1CCNC1=O)c1ccsc1. The first kappa shape index (κ1) is 9.68. The van der Waals surface area contributed by atoms with E-state index in [0.29, 0.717) is 0 Å². The second kappa shape index (κ2) is 4.11. The minimum Gasteiger partial charge on any atom is -0.355 e. The van der Waals surface area contributed by atoms with Gasteiger partial charge in [-0.1, -0.05) is 0 Å². The van der Waals surface area contributed by atoms with Gasteiger partial charge in [0.05, 0.1) is 6.04 Å². The van der Waals surface area contributed by atoms with Crippen LogP contribution in [0.25, 0.3) is 0 Å². The quantitative estimate of drug-likeness (QED) is 0.789. The van der Waals surface area contributed by atoms with Gasteiger partial charge in [-0.15, -0.1) is 0 Å². The molecule has 14 heavy (non-hydrogen) atoms. The highest BCUT2D eigenvalue weighted by atomic mass is 32.1. The van der Waals surface area contributed by atoms with Crippen molar-refractivity contribution in [2.45, 2.75) is 25.4 Å². The summed E-state index contributed by atoms with van der Waals surface area (Å²) in [6.07, 6.45) is 0.896. The maximum absolute atomic E-state index is 11.3. The molecule has 1 fully saturated rings. The van der Waals surface area contributed by atoms with Crippen LogP contribution in [0.3, 0.4) is 0 Å². The summed E-state index contributed by atoms with van der Waals surface area (Å²) in [4.78, 5) is 11.3. The van der Waals surface area contributed by atoms with Crippen molar-refractivity contribution in [2.24, 2.45) is 0 Å². The van der Waals surface area contributed by atoms with E-state index in [4.69, 9.17) is 0 Å². The number of rotatable bonds is 3. The Morgan fingerprint density at radius 3 is 3.14 bits per heavy atom. The van der Waals surface area contributed by atoms with Crippen molar-refractivity contribution >= 4 is 17.2 Å². The Labute approximate surface area is 87.5 Å². The van der Waals surface area contributed by atoms with Gasteiger partial charge in [0.15, 0.2) is 0 Å². The molecule has 2 unspecified atom stereocenters. The number of carbonyl (C=O) groups excluding carboxylic acids is 1. The zero-order valence-electron chi connectivity index (χ0n) is 8.12. The molecule has 0 spiro atoms. The van der Waals surface area contributed by atoms with E-state index in [1.807, 2.05) is 0 Å². The maximum atomic E-state index is 11.3. The first-order chi connectivity index (χ1) is 6.77. The summed E-state index contributed by atoms with van der Waals surface area (Å²) in [5.41, 5.74) is 1.26. The molecule has 1 aliphatic rings. The molecule has 0 aliphatic carbocycles. The van der Waals surface area contributed by atoms with Crippen molar-refractivity contribution in [1.29, 1.82) is 0 Å². The lowest BCUT2D eigenvalue weighted by atomic mass is 10.1. The Hall–Kier alpha value is -0.870. The fourth-order valence-corrected chi connectivity index (χ4v) is 2.43. The molecule has 0 radical (unpaired) electrons. The summed E-state index contributed by atoms with van der Waals surface area (Å²) in [7, 11) is 0. The highest BCUT2D eigenvalue weighted by Gasteiger charge is 2.25.